The highest BCUT2D eigenvalue weighted by molar-refractivity contribution is 5.85. The predicted octanol–water partition coefficient (Wildman–Crippen LogP) is 4.43. The van der Waals surface area contributed by atoms with Crippen LogP contribution >= 0.6 is 0 Å². The minimum atomic E-state index is 0.424. The largest absolute Gasteiger partial charge is 0.493 e. The Morgan fingerprint density at radius 2 is 1.71 bits per heavy atom. The van der Waals surface area contributed by atoms with Crippen molar-refractivity contribution in [1.82, 2.24) is 0 Å². The van der Waals surface area contributed by atoms with Crippen molar-refractivity contribution in [2.75, 3.05) is 18.5 Å². The summed E-state index contributed by atoms with van der Waals surface area (Å²) in [5.74, 6) is 1.45. The first-order chi connectivity index (χ1) is 10.4. The number of benzene rings is 3. The molecule has 1 heterocycles. The normalized spacial score (nSPS) is 16.5. The molecule has 1 aliphatic rings. The van der Waals surface area contributed by atoms with Gasteiger partial charge in [0.1, 0.15) is 5.75 Å². The molecule has 1 N–H and O–H groups in total. The second-order valence-electron chi connectivity index (χ2n) is 5.49. The fraction of sp³-hybridized carbons (Fsp3) is 0.158. The molecule has 0 saturated heterocycles. The third kappa shape index (κ3) is 2.33. The molecule has 4 rings (SSSR count). The van der Waals surface area contributed by atoms with Gasteiger partial charge in [-0.3, -0.25) is 0 Å². The molecule has 1 unspecified atom stereocenters. The molecule has 3 aromatic rings. The van der Waals surface area contributed by atoms with Crippen molar-refractivity contribution in [3.05, 3.63) is 72.3 Å². The highest BCUT2D eigenvalue weighted by atomic mass is 16.5. The van der Waals surface area contributed by atoms with E-state index in [4.69, 9.17) is 4.74 Å². The standard InChI is InChI=1S/C19H17NO/c1-2-6-15-11-17(10-9-14(15)5-1)20-12-16-13-21-19-8-4-3-7-18(16)19/h1-11,16,20H,12-13H2. The number of hydrogen-bond acceptors (Lipinski definition) is 2. The van der Waals surface area contributed by atoms with Gasteiger partial charge in [0, 0.05) is 23.7 Å². The Hall–Kier alpha value is -2.48. The first kappa shape index (κ1) is 12.3. The van der Waals surface area contributed by atoms with Crippen LogP contribution in [0.5, 0.6) is 5.75 Å². The molecule has 0 aliphatic carbocycles. The van der Waals surface area contributed by atoms with Crippen LogP contribution in [-0.4, -0.2) is 13.2 Å². The van der Waals surface area contributed by atoms with Crippen molar-refractivity contribution < 1.29 is 4.74 Å². The minimum Gasteiger partial charge on any atom is -0.493 e. The molecular weight excluding hydrogens is 258 g/mol. The van der Waals surface area contributed by atoms with Crippen molar-refractivity contribution in [3.8, 4) is 5.75 Å². The number of ether oxygens (including phenoxy) is 1. The molecule has 0 fully saturated rings. The number of rotatable bonds is 3. The van der Waals surface area contributed by atoms with Crippen LogP contribution < -0.4 is 10.1 Å². The van der Waals surface area contributed by atoms with Gasteiger partial charge >= 0.3 is 0 Å². The molecule has 3 aromatic carbocycles. The summed E-state index contributed by atoms with van der Waals surface area (Å²) in [6.07, 6.45) is 0. The van der Waals surface area contributed by atoms with E-state index >= 15 is 0 Å². The van der Waals surface area contributed by atoms with Gasteiger partial charge in [0.25, 0.3) is 0 Å². The van der Waals surface area contributed by atoms with E-state index in [0.29, 0.717) is 5.92 Å². The lowest BCUT2D eigenvalue weighted by Crippen LogP contribution is -2.13. The minimum absolute atomic E-state index is 0.424. The maximum Gasteiger partial charge on any atom is 0.122 e. The van der Waals surface area contributed by atoms with Gasteiger partial charge in [0.05, 0.1) is 6.61 Å². The monoisotopic (exact) mass is 275 g/mol. The number of fused-ring (bicyclic) bond motifs is 2. The lowest BCUT2D eigenvalue weighted by atomic mass is 10.0. The quantitative estimate of drug-likeness (QED) is 0.763. The molecule has 104 valence electrons. The average molecular weight is 275 g/mol. The van der Waals surface area contributed by atoms with Gasteiger partial charge in [0.2, 0.25) is 0 Å². The number of hydrogen-bond donors (Lipinski definition) is 1. The van der Waals surface area contributed by atoms with Crippen molar-refractivity contribution in [2.45, 2.75) is 5.92 Å². The molecule has 0 saturated carbocycles. The van der Waals surface area contributed by atoms with Crippen LogP contribution in [0.1, 0.15) is 11.5 Å². The van der Waals surface area contributed by atoms with Crippen LogP contribution in [0, 0.1) is 0 Å². The Morgan fingerprint density at radius 1 is 0.905 bits per heavy atom. The molecule has 0 spiro atoms. The Kier molecular flexibility index (Phi) is 3.00. The van der Waals surface area contributed by atoms with Crippen LogP contribution in [0.15, 0.2) is 66.7 Å². The van der Waals surface area contributed by atoms with E-state index < -0.39 is 0 Å². The van der Waals surface area contributed by atoms with Gasteiger partial charge in [-0.05, 0) is 29.0 Å². The van der Waals surface area contributed by atoms with E-state index in [1.165, 1.54) is 16.3 Å². The Bertz CT molecular complexity index is 781. The average Bonchev–Trinajstić information content (AvgIpc) is 2.96. The van der Waals surface area contributed by atoms with E-state index in [9.17, 15) is 0 Å². The van der Waals surface area contributed by atoms with Gasteiger partial charge < -0.3 is 10.1 Å². The first-order valence-electron chi connectivity index (χ1n) is 7.34. The summed E-state index contributed by atoms with van der Waals surface area (Å²) in [6, 6.07) is 23.3. The topological polar surface area (TPSA) is 21.3 Å². The molecule has 0 bridgehead atoms. The van der Waals surface area contributed by atoms with Crippen molar-refractivity contribution in [2.24, 2.45) is 0 Å². The summed E-state index contributed by atoms with van der Waals surface area (Å²) < 4.78 is 5.73. The van der Waals surface area contributed by atoms with E-state index in [-0.39, 0.29) is 0 Å². The van der Waals surface area contributed by atoms with Gasteiger partial charge in [-0.2, -0.15) is 0 Å². The summed E-state index contributed by atoms with van der Waals surface area (Å²) in [6.45, 7) is 1.66. The fourth-order valence-corrected chi connectivity index (χ4v) is 2.94. The van der Waals surface area contributed by atoms with Gasteiger partial charge in [-0.25, -0.2) is 0 Å². The molecule has 1 atom stereocenters. The highest BCUT2D eigenvalue weighted by Gasteiger charge is 2.23. The second kappa shape index (κ2) is 5.13. The zero-order valence-electron chi connectivity index (χ0n) is 11.8. The molecule has 1 aliphatic heterocycles. The Labute approximate surface area is 124 Å². The maximum absolute atomic E-state index is 5.73. The summed E-state index contributed by atoms with van der Waals surface area (Å²) in [4.78, 5) is 0. The van der Waals surface area contributed by atoms with E-state index in [0.717, 1.165) is 24.6 Å². The zero-order valence-corrected chi connectivity index (χ0v) is 11.8. The van der Waals surface area contributed by atoms with Gasteiger partial charge in [-0.15, -0.1) is 0 Å². The van der Waals surface area contributed by atoms with Crippen LogP contribution in [-0.2, 0) is 0 Å². The van der Waals surface area contributed by atoms with Crippen molar-refractivity contribution in [3.63, 3.8) is 0 Å². The lowest BCUT2D eigenvalue weighted by Gasteiger charge is -2.12. The third-order valence-electron chi connectivity index (χ3n) is 4.10. The third-order valence-corrected chi connectivity index (χ3v) is 4.10. The fourth-order valence-electron chi connectivity index (χ4n) is 2.94. The zero-order chi connectivity index (χ0) is 14.1. The predicted molar refractivity (Wildman–Crippen MR) is 87.1 cm³/mol. The van der Waals surface area contributed by atoms with Gasteiger partial charge in [0.15, 0.2) is 0 Å². The van der Waals surface area contributed by atoms with Crippen molar-refractivity contribution in [1.29, 1.82) is 0 Å². The van der Waals surface area contributed by atoms with E-state index in [2.05, 4.69) is 59.9 Å². The van der Waals surface area contributed by atoms with Crippen molar-refractivity contribution >= 4 is 16.5 Å². The summed E-state index contributed by atoms with van der Waals surface area (Å²) in [7, 11) is 0. The van der Waals surface area contributed by atoms with E-state index in [1.807, 2.05) is 12.1 Å². The first-order valence-corrected chi connectivity index (χ1v) is 7.34. The molecule has 21 heavy (non-hydrogen) atoms. The van der Waals surface area contributed by atoms with E-state index in [1.54, 1.807) is 0 Å². The molecule has 0 radical (unpaired) electrons. The van der Waals surface area contributed by atoms with Crippen LogP contribution in [0.4, 0.5) is 5.69 Å². The van der Waals surface area contributed by atoms with Gasteiger partial charge in [-0.1, -0.05) is 48.5 Å². The Morgan fingerprint density at radius 3 is 2.67 bits per heavy atom. The smallest absolute Gasteiger partial charge is 0.122 e. The Balaban J connectivity index is 1.51. The van der Waals surface area contributed by atoms with Crippen LogP contribution in [0.2, 0.25) is 0 Å². The second-order valence-corrected chi connectivity index (χ2v) is 5.49. The molecule has 0 amide bonds. The SMILES string of the molecule is c1ccc2c(c1)OCC2CNc1ccc2ccccc2c1. The lowest BCUT2D eigenvalue weighted by molar-refractivity contribution is 0.334. The maximum atomic E-state index is 5.73. The van der Waals surface area contributed by atoms with Crippen LogP contribution in [0.25, 0.3) is 10.8 Å². The highest BCUT2D eigenvalue weighted by Crippen LogP contribution is 2.33. The summed E-state index contributed by atoms with van der Waals surface area (Å²) in [5.41, 5.74) is 2.48. The number of nitrogens with one attached hydrogen (secondary N) is 1. The number of anilines is 1. The molecule has 0 aromatic heterocycles. The van der Waals surface area contributed by atoms with Crippen LogP contribution in [0.3, 0.4) is 0 Å². The molecule has 2 nitrogen and oxygen atoms in total. The summed E-state index contributed by atoms with van der Waals surface area (Å²) in [5, 5.41) is 6.08. The summed E-state index contributed by atoms with van der Waals surface area (Å²) >= 11 is 0. The molecular formula is C19H17NO. The number of para-hydroxylation sites is 1. The molecule has 2 heteroatoms.